The number of sulfone groups is 1. The quantitative estimate of drug-likeness (QED) is 0.673. The van der Waals surface area contributed by atoms with E-state index in [0.29, 0.717) is 19.3 Å². The maximum absolute atomic E-state index is 13.1. The number of nitrogens with zero attached hydrogens (tertiary/aromatic N) is 2. The van der Waals surface area contributed by atoms with Crippen molar-refractivity contribution in [1.82, 2.24) is 15.1 Å². The topological polar surface area (TPSA) is 104 Å². The lowest BCUT2D eigenvalue weighted by atomic mass is 9.93. The van der Waals surface area contributed by atoms with Gasteiger partial charge in [-0.2, -0.15) is 0 Å². The van der Waals surface area contributed by atoms with E-state index in [1.165, 1.54) is 0 Å². The van der Waals surface area contributed by atoms with Gasteiger partial charge < -0.3 is 10.2 Å². The van der Waals surface area contributed by atoms with Crippen molar-refractivity contribution in [3.63, 3.8) is 0 Å². The van der Waals surface area contributed by atoms with Gasteiger partial charge in [-0.05, 0) is 32.1 Å². The molecule has 8 nitrogen and oxygen atoms in total. The minimum Gasteiger partial charge on any atom is -0.334 e. The Morgan fingerprint density at radius 3 is 2.26 bits per heavy atom. The molecule has 1 aliphatic carbocycles. The van der Waals surface area contributed by atoms with Gasteiger partial charge in [-0.25, -0.2) is 13.2 Å². The first kappa shape index (κ1) is 20.1. The number of carbonyl (C=O) groups excluding carboxylic acids is 3. The number of rotatable bonds is 6. The van der Waals surface area contributed by atoms with Crippen LogP contribution in [0.1, 0.15) is 58.8 Å². The number of nitrogens with one attached hydrogen (secondary N) is 1. The van der Waals surface area contributed by atoms with Crippen molar-refractivity contribution in [3.8, 4) is 0 Å². The molecule has 0 unspecified atom stereocenters. The summed E-state index contributed by atoms with van der Waals surface area (Å²) in [5.41, 5.74) is -0.938. The molecule has 27 heavy (non-hydrogen) atoms. The van der Waals surface area contributed by atoms with E-state index >= 15 is 0 Å². The largest absolute Gasteiger partial charge is 0.334 e. The van der Waals surface area contributed by atoms with Crippen LogP contribution in [0, 0.1) is 0 Å². The van der Waals surface area contributed by atoms with Crippen molar-refractivity contribution in [3.05, 3.63) is 0 Å². The second kappa shape index (κ2) is 7.41. The molecule has 1 saturated carbocycles. The lowest BCUT2D eigenvalue weighted by Crippen LogP contribution is -2.52. The molecule has 152 valence electrons. The molecule has 9 heteroatoms. The molecule has 0 spiro atoms. The molecule has 0 aromatic rings. The lowest BCUT2D eigenvalue weighted by Gasteiger charge is -2.35. The second-order valence-electron chi connectivity index (χ2n) is 7.91. The Bertz CT molecular complexity index is 725. The van der Waals surface area contributed by atoms with E-state index in [1.54, 1.807) is 4.90 Å². The highest BCUT2D eigenvalue weighted by Gasteiger charge is 2.50. The second-order valence-corrected chi connectivity index (χ2v) is 10.1. The average molecular weight is 400 g/mol. The normalized spacial score (nSPS) is 27.2. The maximum atomic E-state index is 13.1. The summed E-state index contributed by atoms with van der Waals surface area (Å²) >= 11 is 0. The third-order valence-electron chi connectivity index (χ3n) is 6.35. The molecule has 3 fully saturated rings. The van der Waals surface area contributed by atoms with Crippen LogP contribution in [0.25, 0.3) is 0 Å². The standard InChI is InChI=1S/C18H29N3O5S/c1-3-18(4-2)16(23)20(17(24)19-18)11-15(22)21(13-7-5-6-8-13)14-9-10-27(25,26)12-14/h13-14H,3-12H2,1-2H3,(H,19,24)/t14-/m1/s1. The van der Waals surface area contributed by atoms with Crippen molar-refractivity contribution < 1.29 is 22.8 Å². The van der Waals surface area contributed by atoms with Gasteiger partial charge in [-0.3, -0.25) is 14.5 Å². The fourth-order valence-electron chi connectivity index (χ4n) is 4.65. The third kappa shape index (κ3) is 3.70. The summed E-state index contributed by atoms with van der Waals surface area (Å²) in [6, 6.07) is -0.894. The van der Waals surface area contributed by atoms with Crippen molar-refractivity contribution in [2.75, 3.05) is 18.1 Å². The fourth-order valence-corrected chi connectivity index (χ4v) is 6.36. The molecule has 0 aromatic carbocycles. The summed E-state index contributed by atoms with van der Waals surface area (Å²) in [7, 11) is -3.13. The van der Waals surface area contributed by atoms with Crippen LogP contribution in [0.5, 0.6) is 0 Å². The molecule has 1 N–H and O–H groups in total. The molecular weight excluding hydrogens is 370 g/mol. The van der Waals surface area contributed by atoms with Gasteiger partial charge in [-0.15, -0.1) is 0 Å². The van der Waals surface area contributed by atoms with Gasteiger partial charge >= 0.3 is 6.03 Å². The smallest absolute Gasteiger partial charge is 0.325 e. The third-order valence-corrected chi connectivity index (χ3v) is 8.10. The Kier molecular flexibility index (Phi) is 5.52. The highest BCUT2D eigenvalue weighted by atomic mass is 32.2. The number of imide groups is 1. The first-order chi connectivity index (χ1) is 12.7. The summed E-state index contributed by atoms with van der Waals surface area (Å²) < 4.78 is 23.9. The summed E-state index contributed by atoms with van der Waals surface area (Å²) in [5.74, 6) is -0.623. The van der Waals surface area contributed by atoms with Crippen LogP contribution in [0.4, 0.5) is 4.79 Å². The molecule has 4 amide bonds. The monoisotopic (exact) mass is 399 g/mol. The van der Waals surface area contributed by atoms with Crippen LogP contribution >= 0.6 is 0 Å². The predicted molar refractivity (Wildman–Crippen MR) is 99.7 cm³/mol. The lowest BCUT2D eigenvalue weighted by molar-refractivity contribution is -0.141. The summed E-state index contributed by atoms with van der Waals surface area (Å²) in [6.07, 6.45) is 5.06. The van der Waals surface area contributed by atoms with Crippen LogP contribution in [-0.4, -0.2) is 71.7 Å². The van der Waals surface area contributed by atoms with Crippen LogP contribution in [0.2, 0.25) is 0 Å². The molecule has 0 radical (unpaired) electrons. The molecule has 1 atom stereocenters. The minimum absolute atomic E-state index is 0.00123. The molecule has 3 aliphatic rings. The van der Waals surface area contributed by atoms with Crippen LogP contribution < -0.4 is 5.32 Å². The summed E-state index contributed by atoms with van der Waals surface area (Å²) in [4.78, 5) is 40.9. The van der Waals surface area contributed by atoms with Gasteiger partial charge in [0.2, 0.25) is 5.91 Å². The van der Waals surface area contributed by atoms with E-state index in [9.17, 15) is 22.8 Å². The SMILES string of the molecule is CCC1(CC)NC(=O)N(CC(=O)N(C2CCCC2)[C@@H]2CCS(=O)(=O)C2)C1=O. The highest BCUT2D eigenvalue weighted by molar-refractivity contribution is 7.91. The van der Waals surface area contributed by atoms with E-state index in [2.05, 4.69) is 5.32 Å². The van der Waals surface area contributed by atoms with Crippen molar-refractivity contribution in [1.29, 1.82) is 0 Å². The number of hydrogen-bond acceptors (Lipinski definition) is 5. The van der Waals surface area contributed by atoms with E-state index in [-0.39, 0.29) is 41.9 Å². The zero-order valence-corrected chi connectivity index (χ0v) is 16.9. The number of carbonyl (C=O) groups is 3. The van der Waals surface area contributed by atoms with Gasteiger partial charge in [-0.1, -0.05) is 26.7 Å². The summed E-state index contributed by atoms with van der Waals surface area (Å²) in [5, 5.41) is 2.73. The van der Waals surface area contributed by atoms with E-state index in [1.807, 2.05) is 13.8 Å². The van der Waals surface area contributed by atoms with Gasteiger partial charge in [0.25, 0.3) is 5.91 Å². The molecule has 2 aliphatic heterocycles. The summed E-state index contributed by atoms with van der Waals surface area (Å²) in [6.45, 7) is 3.35. The number of urea groups is 1. The molecule has 0 aromatic heterocycles. The Labute approximate surface area is 160 Å². The molecule has 2 heterocycles. The molecule has 2 saturated heterocycles. The van der Waals surface area contributed by atoms with Crippen LogP contribution in [-0.2, 0) is 19.4 Å². The maximum Gasteiger partial charge on any atom is 0.325 e. The average Bonchev–Trinajstić information content (AvgIpc) is 3.31. The first-order valence-electron chi connectivity index (χ1n) is 9.88. The van der Waals surface area contributed by atoms with E-state index < -0.39 is 21.4 Å². The number of hydrogen-bond donors (Lipinski definition) is 1. The van der Waals surface area contributed by atoms with Crippen molar-refractivity contribution in [2.24, 2.45) is 0 Å². The zero-order chi connectivity index (χ0) is 19.8. The van der Waals surface area contributed by atoms with Crippen molar-refractivity contribution in [2.45, 2.75) is 76.4 Å². The number of amides is 4. The van der Waals surface area contributed by atoms with Gasteiger partial charge in [0.05, 0.1) is 11.5 Å². The van der Waals surface area contributed by atoms with Gasteiger partial charge in [0.15, 0.2) is 9.84 Å². The highest BCUT2D eigenvalue weighted by Crippen LogP contribution is 2.30. The predicted octanol–water partition coefficient (Wildman–Crippen LogP) is 1.06. The fraction of sp³-hybridized carbons (Fsp3) is 0.833. The van der Waals surface area contributed by atoms with Gasteiger partial charge in [0, 0.05) is 12.1 Å². The van der Waals surface area contributed by atoms with E-state index in [0.717, 1.165) is 30.6 Å². The van der Waals surface area contributed by atoms with E-state index in [4.69, 9.17) is 0 Å². The Morgan fingerprint density at radius 1 is 1.15 bits per heavy atom. The first-order valence-corrected chi connectivity index (χ1v) is 11.7. The van der Waals surface area contributed by atoms with Crippen molar-refractivity contribution >= 4 is 27.7 Å². The Balaban J connectivity index is 1.79. The Hall–Kier alpha value is -1.64. The zero-order valence-electron chi connectivity index (χ0n) is 16.1. The molecule has 3 rings (SSSR count). The van der Waals surface area contributed by atoms with Gasteiger partial charge in [0.1, 0.15) is 12.1 Å². The Morgan fingerprint density at radius 2 is 1.78 bits per heavy atom. The van der Waals surface area contributed by atoms with Crippen LogP contribution in [0.15, 0.2) is 0 Å². The van der Waals surface area contributed by atoms with Crippen LogP contribution in [0.3, 0.4) is 0 Å². The minimum atomic E-state index is -3.13. The molecular formula is C18H29N3O5S. The molecule has 0 bridgehead atoms.